The van der Waals surface area contributed by atoms with Crippen LogP contribution in [0.25, 0.3) is 0 Å². The van der Waals surface area contributed by atoms with Gasteiger partial charge >= 0.3 is 6.03 Å². The molecular weight excluding hydrogens is 283 g/mol. The first kappa shape index (κ1) is 15.7. The van der Waals surface area contributed by atoms with E-state index < -0.39 is 11.8 Å². The van der Waals surface area contributed by atoms with Crippen LogP contribution < -0.4 is 10.6 Å². The van der Waals surface area contributed by atoms with Crippen molar-refractivity contribution in [1.29, 1.82) is 0 Å². The Balaban J connectivity index is 1.77. The molecule has 0 fully saturated rings. The van der Waals surface area contributed by atoms with E-state index in [9.17, 15) is 14.0 Å². The molecule has 114 valence electrons. The lowest BCUT2D eigenvalue weighted by atomic mass is 10.1. The maximum absolute atomic E-state index is 13.0. The summed E-state index contributed by atoms with van der Waals surface area (Å²) in [6.07, 6.45) is 0.208. The lowest BCUT2D eigenvalue weighted by Crippen LogP contribution is -2.30. The van der Waals surface area contributed by atoms with Gasteiger partial charge in [0.25, 0.3) is 0 Å². The second kappa shape index (κ2) is 7.36. The summed E-state index contributed by atoms with van der Waals surface area (Å²) in [6, 6.07) is 12.4. The van der Waals surface area contributed by atoms with E-state index in [1.54, 1.807) is 18.2 Å². The number of halogens is 1. The number of ketones is 1. The number of carbonyl (C=O) groups excluding carboxylic acids is 2. The zero-order valence-corrected chi connectivity index (χ0v) is 12.2. The molecule has 2 amide bonds. The van der Waals surface area contributed by atoms with Crippen LogP contribution >= 0.6 is 0 Å². The van der Waals surface area contributed by atoms with E-state index in [1.165, 1.54) is 18.2 Å². The molecule has 0 aliphatic carbocycles. The van der Waals surface area contributed by atoms with Crippen molar-refractivity contribution in [2.75, 3.05) is 11.9 Å². The molecule has 22 heavy (non-hydrogen) atoms. The molecule has 2 aromatic rings. The number of Topliss-reactive ketones (excluding diaryl/α,β-unsaturated/α-hetero) is 1. The van der Waals surface area contributed by atoms with Crippen molar-refractivity contribution in [3.05, 3.63) is 65.5 Å². The van der Waals surface area contributed by atoms with Gasteiger partial charge in [0.1, 0.15) is 5.82 Å². The Labute approximate surface area is 128 Å². The first-order valence-corrected chi connectivity index (χ1v) is 6.95. The van der Waals surface area contributed by atoms with Gasteiger partial charge < -0.3 is 10.6 Å². The molecule has 0 bridgehead atoms. The van der Waals surface area contributed by atoms with Crippen molar-refractivity contribution in [2.45, 2.75) is 13.3 Å². The van der Waals surface area contributed by atoms with Gasteiger partial charge in [0.05, 0.1) is 0 Å². The van der Waals surface area contributed by atoms with Crippen LogP contribution in [-0.2, 0) is 0 Å². The van der Waals surface area contributed by atoms with E-state index in [-0.39, 0.29) is 18.7 Å². The van der Waals surface area contributed by atoms with E-state index in [0.717, 1.165) is 5.56 Å². The molecule has 2 aromatic carbocycles. The molecule has 5 heteroatoms. The van der Waals surface area contributed by atoms with Gasteiger partial charge in [-0.25, -0.2) is 9.18 Å². The molecule has 0 heterocycles. The first-order valence-electron chi connectivity index (χ1n) is 6.95. The monoisotopic (exact) mass is 300 g/mol. The van der Waals surface area contributed by atoms with Gasteiger partial charge in [0, 0.05) is 24.2 Å². The highest BCUT2D eigenvalue weighted by Gasteiger charge is 2.07. The number of nitrogens with one attached hydrogen (secondary N) is 2. The average Bonchev–Trinajstić information content (AvgIpc) is 2.47. The number of hydrogen-bond donors (Lipinski definition) is 2. The molecule has 0 radical (unpaired) electrons. The molecule has 0 aliphatic rings. The van der Waals surface area contributed by atoms with E-state index in [0.29, 0.717) is 11.3 Å². The third kappa shape index (κ3) is 4.70. The molecule has 2 N–H and O–H groups in total. The Morgan fingerprint density at radius 3 is 2.50 bits per heavy atom. The van der Waals surface area contributed by atoms with Crippen molar-refractivity contribution in [2.24, 2.45) is 0 Å². The lowest BCUT2D eigenvalue weighted by Gasteiger charge is -2.07. The smallest absolute Gasteiger partial charge is 0.319 e. The molecule has 0 atom stereocenters. The number of hydrogen-bond acceptors (Lipinski definition) is 2. The number of amides is 2. The van der Waals surface area contributed by atoms with Crippen LogP contribution in [0.1, 0.15) is 22.3 Å². The highest BCUT2D eigenvalue weighted by molar-refractivity contribution is 5.96. The number of carbonyl (C=O) groups is 2. The topological polar surface area (TPSA) is 58.2 Å². The second-order valence-corrected chi connectivity index (χ2v) is 4.93. The van der Waals surface area contributed by atoms with Crippen LogP contribution in [0.2, 0.25) is 0 Å². The summed E-state index contributed by atoms with van der Waals surface area (Å²) in [4.78, 5) is 23.5. The van der Waals surface area contributed by atoms with Gasteiger partial charge in [-0.15, -0.1) is 0 Å². The summed E-state index contributed by atoms with van der Waals surface area (Å²) in [7, 11) is 0. The van der Waals surface area contributed by atoms with Crippen molar-refractivity contribution in [3.8, 4) is 0 Å². The molecule has 0 aliphatic heterocycles. The quantitative estimate of drug-likeness (QED) is 0.830. The SMILES string of the molecule is Cc1ccc(C(=O)CCNC(=O)Nc2cccc(F)c2)cc1. The summed E-state index contributed by atoms with van der Waals surface area (Å²) in [6.45, 7) is 2.17. The molecular formula is C17H17FN2O2. The molecule has 0 spiro atoms. The van der Waals surface area contributed by atoms with E-state index in [1.807, 2.05) is 19.1 Å². The van der Waals surface area contributed by atoms with Gasteiger partial charge in [-0.1, -0.05) is 35.9 Å². The van der Waals surface area contributed by atoms with Gasteiger partial charge in [0.15, 0.2) is 5.78 Å². The number of rotatable bonds is 5. The summed E-state index contributed by atoms with van der Waals surface area (Å²) in [5.74, 6) is -0.460. The second-order valence-electron chi connectivity index (χ2n) is 4.93. The Kier molecular flexibility index (Phi) is 5.25. The molecule has 4 nitrogen and oxygen atoms in total. The van der Waals surface area contributed by atoms with Gasteiger partial charge in [-0.3, -0.25) is 4.79 Å². The average molecular weight is 300 g/mol. The summed E-state index contributed by atoms with van der Waals surface area (Å²) in [5, 5.41) is 5.07. The van der Waals surface area contributed by atoms with E-state index in [2.05, 4.69) is 10.6 Å². The van der Waals surface area contributed by atoms with E-state index >= 15 is 0 Å². The normalized spacial score (nSPS) is 10.1. The molecule has 0 aromatic heterocycles. The zero-order valence-electron chi connectivity index (χ0n) is 12.2. The predicted molar refractivity (Wildman–Crippen MR) is 83.5 cm³/mol. The predicted octanol–water partition coefficient (Wildman–Crippen LogP) is 3.53. The van der Waals surface area contributed by atoms with Crippen molar-refractivity contribution in [1.82, 2.24) is 5.32 Å². The highest BCUT2D eigenvalue weighted by atomic mass is 19.1. The summed E-state index contributed by atoms with van der Waals surface area (Å²) in [5.41, 5.74) is 2.07. The van der Waals surface area contributed by atoms with E-state index in [4.69, 9.17) is 0 Å². The van der Waals surface area contributed by atoms with Crippen LogP contribution in [0, 0.1) is 12.7 Å². The fourth-order valence-corrected chi connectivity index (χ4v) is 1.91. The summed E-state index contributed by atoms with van der Waals surface area (Å²) < 4.78 is 13.0. The fourth-order valence-electron chi connectivity index (χ4n) is 1.91. The third-order valence-electron chi connectivity index (χ3n) is 3.09. The number of anilines is 1. The maximum atomic E-state index is 13.0. The number of aryl methyl sites for hydroxylation is 1. The maximum Gasteiger partial charge on any atom is 0.319 e. The lowest BCUT2D eigenvalue weighted by molar-refractivity contribution is 0.0984. The Morgan fingerprint density at radius 2 is 1.82 bits per heavy atom. The van der Waals surface area contributed by atoms with Crippen molar-refractivity contribution < 1.29 is 14.0 Å². The molecule has 2 rings (SSSR count). The Bertz CT molecular complexity index is 669. The van der Waals surface area contributed by atoms with Crippen LogP contribution in [0.4, 0.5) is 14.9 Å². The molecule has 0 unspecified atom stereocenters. The number of benzene rings is 2. The standard InChI is InChI=1S/C17H17FN2O2/c1-12-5-7-13(8-6-12)16(21)9-10-19-17(22)20-15-4-2-3-14(18)11-15/h2-8,11H,9-10H2,1H3,(H2,19,20,22). The minimum Gasteiger partial charge on any atom is -0.337 e. The fraction of sp³-hybridized carbons (Fsp3) is 0.176. The van der Waals surface area contributed by atoms with Crippen molar-refractivity contribution >= 4 is 17.5 Å². The first-order chi connectivity index (χ1) is 10.5. The number of urea groups is 1. The van der Waals surface area contributed by atoms with Crippen LogP contribution in [0.15, 0.2) is 48.5 Å². The zero-order chi connectivity index (χ0) is 15.9. The largest absolute Gasteiger partial charge is 0.337 e. The minimum absolute atomic E-state index is 0.0361. The van der Waals surface area contributed by atoms with Crippen LogP contribution in [-0.4, -0.2) is 18.4 Å². The highest BCUT2D eigenvalue weighted by Crippen LogP contribution is 2.09. The van der Waals surface area contributed by atoms with Crippen LogP contribution in [0.5, 0.6) is 0 Å². The van der Waals surface area contributed by atoms with Gasteiger partial charge in [-0.05, 0) is 25.1 Å². The van der Waals surface area contributed by atoms with Gasteiger partial charge in [-0.2, -0.15) is 0 Å². The molecule has 0 saturated carbocycles. The van der Waals surface area contributed by atoms with Gasteiger partial charge in [0.2, 0.25) is 0 Å². The Hall–Kier alpha value is -2.69. The van der Waals surface area contributed by atoms with Crippen LogP contribution in [0.3, 0.4) is 0 Å². The van der Waals surface area contributed by atoms with Crippen molar-refractivity contribution in [3.63, 3.8) is 0 Å². The summed E-state index contributed by atoms with van der Waals surface area (Å²) >= 11 is 0. The third-order valence-corrected chi connectivity index (χ3v) is 3.09. The Morgan fingerprint density at radius 1 is 1.09 bits per heavy atom. The minimum atomic E-state index is -0.470. The molecule has 0 saturated heterocycles.